The topological polar surface area (TPSA) is 95.9 Å². The number of rotatable bonds is 6. The van der Waals surface area contributed by atoms with Crippen LogP contribution in [-0.4, -0.2) is 40.0 Å². The van der Waals surface area contributed by atoms with Crippen LogP contribution in [0, 0.1) is 0 Å². The van der Waals surface area contributed by atoms with Crippen molar-refractivity contribution < 1.29 is 24.5 Å². The number of ether oxygens (including phenoxy) is 1. The Labute approximate surface area is 127 Å². The number of carboxylic acid groups (broad SMARTS) is 1. The third-order valence-electron chi connectivity index (χ3n) is 2.80. The maximum atomic E-state index is 11.8. The van der Waals surface area contributed by atoms with Crippen LogP contribution in [0.15, 0.2) is 17.5 Å². The Morgan fingerprint density at radius 1 is 1.38 bits per heavy atom. The maximum Gasteiger partial charge on any atom is 0.408 e. The number of thiophene rings is 1. The minimum Gasteiger partial charge on any atom is -0.479 e. The highest BCUT2D eigenvalue weighted by molar-refractivity contribution is 7.09. The van der Waals surface area contributed by atoms with Gasteiger partial charge in [0.1, 0.15) is 5.60 Å². The number of carbonyl (C=O) groups is 2. The molecule has 0 radical (unpaired) electrons. The van der Waals surface area contributed by atoms with Crippen molar-refractivity contribution in [2.45, 2.75) is 44.8 Å². The molecule has 1 amide bonds. The number of amides is 1. The Hall–Kier alpha value is -1.60. The molecule has 1 rings (SSSR count). The van der Waals surface area contributed by atoms with Crippen molar-refractivity contribution in [1.82, 2.24) is 5.32 Å². The van der Waals surface area contributed by atoms with E-state index in [9.17, 15) is 19.8 Å². The number of aliphatic hydroxyl groups excluding tert-OH is 1. The smallest absolute Gasteiger partial charge is 0.408 e. The normalized spacial score (nSPS) is 14.3. The van der Waals surface area contributed by atoms with Crippen molar-refractivity contribution in [2.75, 3.05) is 6.61 Å². The molecule has 0 bridgehead atoms. The van der Waals surface area contributed by atoms with Gasteiger partial charge in [0.05, 0.1) is 6.61 Å². The number of nitrogens with one attached hydrogen (secondary N) is 1. The first-order valence-electron chi connectivity index (χ1n) is 6.56. The van der Waals surface area contributed by atoms with Crippen LogP contribution in [0.25, 0.3) is 0 Å². The Morgan fingerprint density at radius 3 is 2.48 bits per heavy atom. The summed E-state index contributed by atoms with van der Waals surface area (Å²) in [7, 11) is 0. The van der Waals surface area contributed by atoms with Crippen LogP contribution in [0.5, 0.6) is 0 Å². The summed E-state index contributed by atoms with van der Waals surface area (Å²) in [4.78, 5) is 24.3. The molecule has 0 aromatic carbocycles. The summed E-state index contributed by atoms with van der Waals surface area (Å²) < 4.78 is 5.06. The molecule has 1 heterocycles. The van der Waals surface area contributed by atoms with Crippen LogP contribution in [0.3, 0.4) is 0 Å². The Bertz CT molecular complexity index is 480. The third-order valence-corrected chi connectivity index (χ3v) is 3.73. The second kappa shape index (κ2) is 6.91. The third kappa shape index (κ3) is 5.35. The second-order valence-electron chi connectivity index (χ2n) is 5.75. The fraction of sp³-hybridized carbons (Fsp3) is 0.571. The number of hydrogen-bond donors (Lipinski definition) is 3. The van der Waals surface area contributed by atoms with Gasteiger partial charge in [-0.1, -0.05) is 6.07 Å². The SMILES string of the molecule is CC(C)(C)OC(=O)N[C@](CO)(CCc1cccs1)C(=O)O. The summed E-state index contributed by atoms with van der Waals surface area (Å²) in [6, 6.07) is 3.74. The zero-order chi connectivity index (χ0) is 16.1. The van der Waals surface area contributed by atoms with Crippen molar-refractivity contribution in [3.63, 3.8) is 0 Å². The molecule has 7 heteroatoms. The largest absolute Gasteiger partial charge is 0.479 e. The van der Waals surface area contributed by atoms with Gasteiger partial charge in [-0.2, -0.15) is 0 Å². The average molecular weight is 315 g/mol. The molecule has 0 unspecified atom stereocenters. The van der Waals surface area contributed by atoms with E-state index >= 15 is 0 Å². The van der Waals surface area contributed by atoms with E-state index in [4.69, 9.17) is 4.74 Å². The van der Waals surface area contributed by atoms with Crippen molar-refractivity contribution in [3.8, 4) is 0 Å². The Morgan fingerprint density at radius 2 is 2.05 bits per heavy atom. The van der Waals surface area contributed by atoms with Gasteiger partial charge in [-0.05, 0) is 45.1 Å². The van der Waals surface area contributed by atoms with Crippen molar-refractivity contribution in [2.24, 2.45) is 0 Å². The molecule has 1 atom stereocenters. The van der Waals surface area contributed by atoms with Crippen molar-refractivity contribution in [1.29, 1.82) is 0 Å². The molecule has 1 aromatic heterocycles. The van der Waals surface area contributed by atoms with E-state index in [1.54, 1.807) is 20.8 Å². The number of carboxylic acids is 1. The second-order valence-corrected chi connectivity index (χ2v) is 6.78. The Balaban J connectivity index is 2.78. The molecule has 0 saturated carbocycles. The van der Waals surface area contributed by atoms with E-state index < -0.39 is 29.8 Å². The minimum absolute atomic E-state index is 0.0819. The van der Waals surface area contributed by atoms with E-state index in [0.29, 0.717) is 6.42 Å². The van der Waals surface area contributed by atoms with Gasteiger partial charge in [0.2, 0.25) is 0 Å². The van der Waals surface area contributed by atoms with E-state index in [2.05, 4.69) is 5.32 Å². The van der Waals surface area contributed by atoms with Crippen LogP contribution >= 0.6 is 11.3 Å². The molecule has 0 spiro atoms. The molecule has 6 nitrogen and oxygen atoms in total. The molecule has 0 aliphatic heterocycles. The van der Waals surface area contributed by atoms with E-state index in [0.717, 1.165) is 4.88 Å². The molecule has 0 fully saturated rings. The zero-order valence-electron chi connectivity index (χ0n) is 12.4. The number of alkyl carbamates (subject to hydrolysis) is 1. The number of aliphatic hydroxyl groups is 1. The number of carbonyl (C=O) groups excluding carboxylic acids is 1. The summed E-state index contributed by atoms with van der Waals surface area (Å²) in [6.45, 7) is 4.34. The van der Waals surface area contributed by atoms with Crippen LogP contribution < -0.4 is 5.32 Å². The summed E-state index contributed by atoms with van der Waals surface area (Å²) in [5, 5.41) is 23.0. The number of aliphatic carboxylic acids is 1. The van der Waals surface area contributed by atoms with Gasteiger partial charge in [0.15, 0.2) is 5.54 Å². The first-order chi connectivity index (χ1) is 9.68. The van der Waals surface area contributed by atoms with Crippen LogP contribution in [-0.2, 0) is 16.0 Å². The van der Waals surface area contributed by atoms with Gasteiger partial charge in [-0.25, -0.2) is 9.59 Å². The predicted molar refractivity (Wildman–Crippen MR) is 79.5 cm³/mol. The molecule has 21 heavy (non-hydrogen) atoms. The van der Waals surface area contributed by atoms with Crippen molar-refractivity contribution >= 4 is 23.4 Å². The first kappa shape index (κ1) is 17.5. The molecule has 3 N–H and O–H groups in total. The highest BCUT2D eigenvalue weighted by atomic mass is 32.1. The van der Waals surface area contributed by atoms with Crippen LogP contribution in [0.1, 0.15) is 32.1 Å². The Kier molecular flexibility index (Phi) is 5.74. The molecule has 0 aliphatic rings. The predicted octanol–water partition coefficient (Wildman–Crippen LogP) is 2.02. The summed E-state index contributed by atoms with van der Waals surface area (Å²) in [5.41, 5.74) is -2.48. The van der Waals surface area contributed by atoms with Gasteiger partial charge < -0.3 is 20.3 Å². The van der Waals surface area contributed by atoms with Gasteiger partial charge in [-0.15, -0.1) is 11.3 Å². The standard InChI is InChI=1S/C14H21NO5S/c1-13(2,3)20-12(19)15-14(9-16,11(17)18)7-6-10-5-4-8-21-10/h4-5,8,16H,6-7,9H2,1-3H3,(H,15,19)(H,17,18)/t14-/m0/s1. The van der Waals surface area contributed by atoms with E-state index in [1.165, 1.54) is 11.3 Å². The lowest BCUT2D eigenvalue weighted by molar-refractivity contribution is -0.147. The lowest BCUT2D eigenvalue weighted by atomic mass is 9.94. The molecule has 1 aromatic rings. The van der Waals surface area contributed by atoms with E-state index in [1.807, 2.05) is 17.5 Å². The van der Waals surface area contributed by atoms with Gasteiger partial charge in [0, 0.05) is 4.88 Å². The number of aryl methyl sites for hydroxylation is 1. The highest BCUT2D eigenvalue weighted by Crippen LogP contribution is 2.19. The fourth-order valence-corrected chi connectivity index (χ4v) is 2.41. The monoisotopic (exact) mass is 315 g/mol. The fourth-order valence-electron chi connectivity index (χ4n) is 1.70. The number of hydrogen-bond acceptors (Lipinski definition) is 5. The van der Waals surface area contributed by atoms with Gasteiger partial charge >= 0.3 is 12.1 Å². The summed E-state index contributed by atoms with van der Waals surface area (Å²) in [5.74, 6) is -1.28. The van der Waals surface area contributed by atoms with E-state index in [-0.39, 0.29) is 6.42 Å². The lowest BCUT2D eigenvalue weighted by Gasteiger charge is -2.30. The molecular weight excluding hydrogens is 294 g/mol. The van der Waals surface area contributed by atoms with Crippen LogP contribution in [0.2, 0.25) is 0 Å². The maximum absolute atomic E-state index is 11.8. The van der Waals surface area contributed by atoms with Crippen molar-refractivity contribution in [3.05, 3.63) is 22.4 Å². The summed E-state index contributed by atoms with van der Waals surface area (Å²) in [6.07, 6.45) is -0.330. The molecule has 118 valence electrons. The zero-order valence-corrected chi connectivity index (χ0v) is 13.2. The molecular formula is C14H21NO5S. The quantitative estimate of drug-likeness (QED) is 0.746. The molecule has 0 aliphatic carbocycles. The van der Waals surface area contributed by atoms with Crippen LogP contribution in [0.4, 0.5) is 4.79 Å². The molecule has 0 saturated heterocycles. The van der Waals surface area contributed by atoms with Gasteiger partial charge in [0.25, 0.3) is 0 Å². The van der Waals surface area contributed by atoms with Gasteiger partial charge in [-0.3, -0.25) is 0 Å². The average Bonchev–Trinajstić information content (AvgIpc) is 2.84. The minimum atomic E-state index is -1.74. The first-order valence-corrected chi connectivity index (χ1v) is 7.44. The highest BCUT2D eigenvalue weighted by Gasteiger charge is 2.40. The lowest BCUT2D eigenvalue weighted by Crippen LogP contribution is -2.58. The summed E-state index contributed by atoms with van der Waals surface area (Å²) >= 11 is 1.50.